The number of rotatable bonds is 12. The van der Waals surface area contributed by atoms with Gasteiger partial charge in [0.25, 0.3) is 0 Å². The molecular weight excluding hydrogens is 495 g/mol. The number of hydrogen-bond acceptors (Lipinski definition) is 6. The molecule has 1 aromatic rings. The lowest BCUT2D eigenvalue weighted by molar-refractivity contribution is -0.128. The predicted octanol–water partition coefficient (Wildman–Crippen LogP) is 2.85. The summed E-state index contributed by atoms with van der Waals surface area (Å²) in [5, 5.41) is 17.1. The minimum absolute atomic E-state index is 0.0948. The Kier molecular flexibility index (Phi) is 12.8. The largest absolute Gasteiger partial charge is 0.445 e. The van der Waals surface area contributed by atoms with Gasteiger partial charge in [-0.15, -0.1) is 0 Å². The standard InChI is InChI=1S/C21H31Cl3N4O5/c1-13(2)17(25)19(31)28-16(18(30)27-15-8-6-14(11-29)7-9-15)5-3-4-10-26-20(32)33-12-21(22,23)24/h6-9,13,16-17,29H,3-5,10-12,25H2,1-2H3,(H,26,32)(H,27,30)(H,28,31)/t16-,17-/m0/s1. The molecular formula is C21H31Cl3N4O5. The minimum Gasteiger partial charge on any atom is -0.445 e. The Balaban J connectivity index is 2.61. The van der Waals surface area contributed by atoms with E-state index in [1.54, 1.807) is 24.3 Å². The number of nitrogens with one attached hydrogen (secondary N) is 3. The van der Waals surface area contributed by atoms with E-state index in [4.69, 9.17) is 50.4 Å². The van der Waals surface area contributed by atoms with Gasteiger partial charge in [-0.25, -0.2) is 4.79 Å². The van der Waals surface area contributed by atoms with Crippen LogP contribution in [0.3, 0.4) is 0 Å². The fraction of sp³-hybridized carbons (Fsp3) is 0.571. The van der Waals surface area contributed by atoms with Crippen LogP contribution in [0.2, 0.25) is 0 Å². The lowest BCUT2D eigenvalue weighted by Gasteiger charge is -2.22. The van der Waals surface area contributed by atoms with Crippen molar-refractivity contribution in [3.05, 3.63) is 29.8 Å². The Morgan fingerprint density at radius 2 is 1.73 bits per heavy atom. The number of ether oxygens (including phenoxy) is 1. The lowest BCUT2D eigenvalue weighted by atomic mass is 10.0. The topological polar surface area (TPSA) is 143 Å². The predicted molar refractivity (Wildman–Crippen MR) is 129 cm³/mol. The van der Waals surface area contributed by atoms with Gasteiger partial charge < -0.3 is 31.5 Å². The number of hydrogen-bond donors (Lipinski definition) is 5. The van der Waals surface area contributed by atoms with Crippen molar-refractivity contribution < 1.29 is 24.2 Å². The number of halogens is 3. The van der Waals surface area contributed by atoms with E-state index in [9.17, 15) is 14.4 Å². The number of aliphatic hydroxyl groups is 1. The van der Waals surface area contributed by atoms with E-state index in [1.165, 1.54) is 0 Å². The lowest BCUT2D eigenvalue weighted by Crippen LogP contribution is -2.51. The van der Waals surface area contributed by atoms with Gasteiger partial charge in [0.05, 0.1) is 12.6 Å². The number of unbranched alkanes of at least 4 members (excludes halogenated alkanes) is 1. The van der Waals surface area contributed by atoms with Crippen LogP contribution in [0.4, 0.5) is 10.5 Å². The zero-order chi connectivity index (χ0) is 25.0. The monoisotopic (exact) mass is 524 g/mol. The number of benzene rings is 1. The fourth-order valence-corrected chi connectivity index (χ4v) is 2.79. The summed E-state index contributed by atoms with van der Waals surface area (Å²) in [5.74, 6) is -0.914. The van der Waals surface area contributed by atoms with Gasteiger partial charge in [-0.3, -0.25) is 9.59 Å². The summed E-state index contributed by atoms with van der Waals surface area (Å²) in [6.07, 6.45) is 0.633. The number of aliphatic hydroxyl groups excluding tert-OH is 1. The third-order valence-corrected chi connectivity index (χ3v) is 4.94. The molecule has 0 aromatic heterocycles. The van der Waals surface area contributed by atoms with Crippen molar-refractivity contribution in [2.24, 2.45) is 11.7 Å². The third kappa shape index (κ3) is 12.3. The zero-order valence-electron chi connectivity index (χ0n) is 18.6. The number of amides is 3. The van der Waals surface area contributed by atoms with Crippen LogP contribution < -0.4 is 21.7 Å². The van der Waals surface area contributed by atoms with Crippen molar-refractivity contribution in [2.45, 2.75) is 55.6 Å². The minimum atomic E-state index is -1.69. The van der Waals surface area contributed by atoms with E-state index >= 15 is 0 Å². The van der Waals surface area contributed by atoms with Crippen LogP contribution in [0.5, 0.6) is 0 Å². The van der Waals surface area contributed by atoms with Gasteiger partial charge >= 0.3 is 6.09 Å². The first kappa shape index (κ1) is 29.3. The molecule has 33 heavy (non-hydrogen) atoms. The van der Waals surface area contributed by atoms with Gasteiger partial charge in [-0.1, -0.05) is 60.8 Å². The number of carbonyl (C=O) groups is 3. The van der Waals surface area contributed by atoms with Gasteiger partial charge in [-0.05, 0) is 42.9 Å². The maximum absolute atomic E-state index is 12.8. The van der Waals surface area contributed by atoms with Crippen molar-refractivity contribution in [1.82, 2.24) is 10.6 Å². The van der Waals surface area contributed by atoms with E-state index in [0.29, 0.717) is 30.5 Å². The molecule has 1 aromatic carbocycles. The van der Waals surface area contributed by atoms with Crippen LogP contribution in [-0.2, 0) is 20.9 Å². The van der Waals surface area contributed by atoms with E-state index in [-0.39, 0.29) is 25.7 Å². The van der Waals surface area contributed by atoms with Crippen molar-refractivity contribution >= 4 is 58.4 Å². The number of anilines is 1. The maximum Gasteiger partial charge on any atom is 0.407 e. The first-order chi connectivity index (χ1) is 15.4. The molecule has 0 aliphatic carbocycles. The molecule has 1 rings (SSSR count). The molecule has 0 saturated heterocycles. The highest BCUT2D eigenvalue weighted by Crippen LogP contribution is 2.25. The molecule has 0 saturated carbocycles. The van der Waals surface area contributed by atoms with Crippen LogP contribution >= 0.6 is 34.8 Å². The SMILES string of the molecule is CC(C)[C@H](N)C(=O)N[C@@H](CCCCNC(=O)OCC(Cl)(Cl)Cl)C(=O)Nc1ccc(CO)cc1. The zero-order valence-corrected chi connectivity index (χ0v) is 20.8. The van der Waals surface area contributed by atoms with Gasteiger partial charge in [0.2, 0.25) is 15.6 Å². The van der Waals surface area contributed by atoms with Gasteiger partial charge in [0.15, 0.2) is 0 Å². The molecule has 12 heteroatoms. The molecule has 2 atom stereocenters. The Labute approximate surface area is 208 Å². The summed E-state index contributed by atoms with van der Waals surface area (Å²) >= 11 is 16.5. The molecule has 0 radical (unpaired) electrons. The second-order valence-electron chi connectivity index (χ2n) is 7.79. The second-order valence-corrected chi connectivity index (χ2v) is 10.3. The van der Waals surface area contributed by atoms with Crippen LogP contribution in [0, 0.1) is 5.92 Å². The molecule has 0 bridgehead atoms. The fourth-order valence-electron chi connectivity index (χ4n) is 2.62. The van der Waals surface area contributed by atoms with Gasteiger partial charge in [0.1, 0.15) is 12.6 Å². The summed E-state index contributed by atoms with van der Waals surface area (Å²) in [5.41, 5.74) is 7.14. The molecule has 3 amide bonds. The second kappa shape index (κ2) is 14.5. The quantitative estimate of drug-likeness (QED) is 0.210. The molecule has 0 heterocycles. The summed E-state index contributed by atoms with van der Waals surface area (Å²) < 4.78 is 3.07. The van der Waals surface area contributed by atoms with Crippen molar-refractivity contribution in [2.75, 3.05) is 18.5 Å². The first-order valence-corrected chi connectivity index (χ1v) is 11.6. The van der Waals surface area contributed by atoms with E-state index in [0.717, 1.165) is 0 Å². The molecule has 0 fully saturated rings. The highest BCUT2D eigenvalue weighted by molar-refractivity contribution is 6.67. The number of carbonyl (C=O) groups excluding carboxylic acids is 3. The van der Waals surface area contributed by atoms with Gasteiger partial charge in [-0.2, -0.15) is 0 Å². The molecule has 0 spiro atoms. The summed E-state index contributed by atoms with van der Waals surface area (Å²) in [6, 6.07) is 5.12. The molecule has 0 unspecified atom stereocenters. The number of alkyl carbamates (subject to hydrolysis) is 1. The third-order valence-electron chi connectivity index (χ3n) is 4.61. The van der Waals surface area contributed by atoms with Crippen LogP contribution in [-0.4, -0.2) is 52.0 Å². The highest BCUT2D eigenvalue weighted by atomic mass is 35.6. The van der Waals surface area contributed by atoms with Crippen LogP contribution in [0.15, 0.2) is 24.3 Å². The Morgan fingerprint density at radius 1 is 1.09 bits per heavy atom. The normalized spacial score (nSPS) is 13.2. The van der Waals surface area contributed by atoms with E-state index in [1.807, 2.05) is 13.8 Å². The number of nitrogens with two attached hydrogens (primary N) is 1. The summed E-state index contributed by atoms with van der Waals surface area (Å²) in [7, 11) is 0. The van der Waals surface area contributed by atoms with E-state index < -0.39 is 33.8 Å². The maximum atomic E-state index is 12.8. The Hall–Kier alpha value is -1.78. The van der Waals surface area contributed by atoms with E-state index in [2.05, 4.69) is 16.0 Å². The van der Waals surface area contributed by atoms with Crippen LogP contribution in [0.1, 0.15) is 38.7 Å². The molecule has 186 valence electrons. The molecule has 6 N–H and O–H groups in total. The van der Waals surface area contributed by atoms with Gasteiger partial charge in [0, 0.05) is 12.2 Å². The first-order valence-electron chi connectivity index (χ1n) is 10.5. The Morgan fingerprint density at radius 3 is 2.27 bits per heavy atom. The highest BCUT2D eigenvalue weighted by Gasteiger charge is 2.25. The van der Waals surface area contributed by atoms with Crippen molar-refractivity contribution in [3.8, 4) is 0 Å². The van der Waals surface area contributed by atoms with Crippen LogP contribution in [0.25, 0.3) is 0 Å². The van der Waals surface area contributed by atoms with Crippen molar-refractivity contribution in [1.29, 1.82) is 0 Å². The molecule has 0 aliphatic rings. The van der Waals surface area contributed by atoms with Crippen molar-refractivity contribution in [3.63, 3.8) is 0 Å². The molecule has 9 nitrogen and oxygen atoms in total. The average molecular weight is 526 g/mol. The number of alkyl halides is 3. The average Bonchev–Trinajstić information content (AvgIpc) is 2.75. The summed E-state index contributed by atoms with van der Waals surface area (Å²) in [4.78, 5) is 36.8. The Bertz CT molecular complexity index is 772. The summed E-state index contributed by atoms with van der Waals surface area (Å²) in [6.45, 7) is 3.42. The smallest absolute Gasteiger partial charge is 0.407 e. The molecule has 0 aliphatic heterocycles.